The van der Waals surface area contributed by atoms with Crippen molar-refractivity contribution in [3.05, 3.63) is 29.6 Å². The predicted octanol–water partition coefficient (Wildman–Crippen LogP) is 3.72. The zero-order valence-corrected chi connectivity index (χ0v) is 11.5. The van der Waals surface area contributed by atoms with Gasteiger partial charge in [0.15, 0.2) is 5.82 Å². The molecule has 0 atom stereocenters. The van der Waals surface area contributed by atoms with E-state index < -0.39 is 0 Å². The molecule has 0 aliphatic heterocycles. The number of hydrogen-bond donors (Lipinski definition) is 1. The number of hydrogen-bond acceptors (Lipinski definition) is 4. The highest BCUT2D eigenvalue weighted by Gasteiger charge is 2.08. The van der Waals surface area contributed by atoms with Gasteiger partial charge in [-0.2, -0.15) is 9.36 Å². The molecular formula is C13H16FN3S. The molecule has 2 aromatic rings. The van der Waals surface area contributed by atoms with Crippen LogP contribution in [0.5, 0.6) is 0 Å². The molecule has 18 heavy (non-hydrogen) atoms. The average Bonchev–Trinajstić information content (AvgIpc) is 2.73. The Hall–Kier alpha value is -1.49. The molecule has 3 nitrogen and oxygen atoms in total. The van der Waals surface area contributed by atoms with E-state index in [0.717, 1.165) is 22.8 Å². The highest BCUT2D eigenvalue weighted by molar-refractivity contribution is 7.09. The Labute approximate surface area is 110 Å². The normalized spacial score (nSPS) is 10.9. The summed E-state index contributed by atoms with van der Waals surface area (Å²) < 4.78 is 17.6. The van der Waals surface area contributed by atoms with Gasteiger partial charge in [-0.05, 0) is 36.6 Å². The highest BCUT2D eigenvalue weighted by Crippen LogP contribution is 2.23. The molecule has 0 fully saturated rings. The second-order valence-electron chi connectivity index (χ2n) is 4.72. The molecule has 1 N–H and O–H groups in total. The van der Waals surface area contributed by atoms with Crippen molar-refractivity contribution in [2.75, 3.05) is 11.9 Å². The number of rotatable bonds is 4. The van der Waals surface area contributed by atoms with Crippen molar-refractivity contribution in [1.82, 2.24) is 9.36 Å². The van der Waals surface area contributed by atoms with Crippen LogP contribution in [0.1, 0.15) is 19.4 Å². The molecule has 1 heterocycles. The minimum absolute atomic E-state index is 0.253. The van der Waals surface area contributed by atoms with E-state index >= 15 is 0 Å². The largest absolute Gasteiger partial charge is 0.360 e. The van der Waals surface area contributed by atoms with E-state index in [4.69, 9.17) is 0 Å². The number of aryl methyl sites for hydroxylation is 1. The zero-order valence-electron chi connectivity index (χ0n) is 10.7. The number of anilines is 1. The highest BCUT2D eigenvalue weighted by atomic mass is 32.1. The molecule has 0 amide bonds. The van der Waals surface area contributed by atoms with Crippen molar-refractivity contribution >= 4 is 16.7 Å². The summed E-state index contributed by atoms with van der Waals surface area (Å²) in [6, 6.07) is 4.84. The van der Waals surface area contributed by atoms with Gasteiger partial charge in [0.1, 0.15) is 5.82 Å². The van der Waals surface area contributed by atoms with E-state index in [-0.39, 0.29) is 5.82 Å². The van der Waals surface area contributed by atoms with Crippen molar-refractivity contribution in [2.45, 2.75) is 20.8 Å². The summed E-state index contributed by atoms with van der Waals surface area (Å²) in [5.74, 6) is 0.874. The summed E-state index contributed by atoms with van der Waals surface area (Å²) in [5.41, 5.74) is 1.60. The zero-order chi connectivity index (χ0) is 13.1. The summed E-state index contributed by atoms with van der Waals surface area (Å²) in [5, 5.41) is 3.99. The van der Waals surface area contributed by atoms with Gasteiger partial charge in [-0.15, -0.1) is 0 Å². The first-order valence-electron chi connectivity index (χ1n) is 5.90. The third-order valence-electron chi connectivity index (χ3n) is 2.39. The predicted molar refractivity (Wildman–Crippen MR) is 73.4 cm³/mol. The SMILES string of the molecule is Cc1cc(F)cc(-c2nsc(NCC(C)C)n2)c1. The summed E-state index contributed by atoms with van der Waals surface area (Å²) in [6.07, 6.45) is 0. The lowest BCUT2D eigenvalue weighted by Gasteiger charge is -2.03. The molecule has 5 heteroatoms. The molecule has 0 unspecified atom stereocenters. The number of nitrogens with zero attached hydrogens (tertiary/aromatic N) is 2. The maximum absolute atomic E-state index is 13.3. The third kappa shape index (κ3) is 3.26. The van der Waals surface area contributed by atoms with E-state index in [1.807, 2.05) is 13.0 Å². The van der Waals surface area contributed by atoms with Crippen LogP contribution < -0.4 is 5.32 Å². The van der Waals surface area contributed by atoms with E-state index in [1.54, 1.807) is 0 Å². The second-order valence-corrected chi connectivity index (χ2v) is 5.47. The number of benzene rings is 1. The van der Waals surface area contributed by atoms with Gasteiger partial charge in [-0.25, -0.2) is 4.39 Å². The maximum Gasteiger partial charge on any atom is 0.202 e. The molecule has 96 valence electrons. The number of aromatic nitrogens is 2. The minimum Gasteiger partial charge on any atom is -0.360 e. The molecule has 1 aromatic heterocycles. The Morgan fingerprint density at radius 2 is 2.11 bits per heavy atom. The number of halogens is 1. The summed E-state index contributed by atoms with van der Waals surface area (Å²) >= 11 is 1.30. The lowest BCUT2D eigenvalue weighted by molar-refractivity contribution is 0.627. The monoisotopic (exact) mass is 265 g/mol. The summed E-state index contributed by atoms with van der Waals surface area (Å²) in [4.78, 5) is 4.36. The van der Waals surface area contributed by atoms with Crippen LogP contribution in [0.2, 0.25) is 0 Å². The van der Waals surface area contributed by atoms with Crippen molar-refractivity contribution in [3.8, 4) is 11.4 Å². The molecule has 0 saturated heterocycles. The first kappa shape index (κ1) is 13.0. The van der Waals surface area contributed by atoms with Crippen LogP contribution in [-0.2, 0) is 0 Å². The Morgan fingerprint density at radius 3 is 2.78 bits per heavy atom. The molecule has 0 radical (unpaired) electrons. The van der Waals surface area contributed by atoms with Crippen molar-refractivity contribution in [2.24, 2.45) is 5.92 Å². The van der Waals surface area contributed by atoms with Crippen molar-refractivity contribution in [3.63, 3.8) is 0 Å². The number of nitrogens with one attached hydrogen (secondary N) is 1. The van der Waals surface area contributed by atoms with Gasteiger partial charge in [0, 0.05) is 23.6 Å². The van der Waals surface area contributed by atoms with Crippen molar-refractivity contribution in [1.29, 1.82) is 0 Å². The van der Waals surface area contributed by atoms with Crippen LogP contribution in [0, 0.1) is 18.7 Å². The Balaban J connectivity index is 2.18. The molecule has 1 aromatic carbocycles. The van der Waals surface area contributed by atoms with E-state index in [0.29, 0.717) is 11.7 Å². The second kappa shape index (κ2) is 5.44. The molecule has 0 aliphatic rings. The van der Waals surface area contributed by atoms with E-state index in [2.05, 4.69) is 28.5 Å². The fraction of sp³-hybridized carbons (Fsp3) is 0.385. The van der Waals surface area contributed by atoms with Gasteiger partial charge in [-0.1, -0.05) is 13.8 Å². The lowest BCUT2D eigenvalue weighted by Crippen LogP contribution is -2.07. The van der Waals surface area contributed by atoms with Crippen LogP contribution in [0.3, 0.4) is 0 Å². The first-order valence-corrected chi connectivity index (χ1v) is 6.67. The van der Waals surface area contributed by atoms with Crippen LogP contribution >= 0.6 is 11.5 Å². The third-order valence-corrected chi connectivity index (χ3v) is 3.06. The Bertz CT molecular complexity index is 517. The van der Waals surface area contributed by atoms with Crippen LogP contribution in [0.4, 0.5) is 9.52 Å². The fourth-order valence-corrected chi connectivity index (χ4v) is 2.16. The van der Waals surface area contributed by atoms with Gasteiger partial charge >= 0.3 is 0 Å². The van der Waals surface area contributed by atoms with Crippen molar-refractivity contribution < 1.29 is 4.39 Å². The smallest absolute Gasteiger partial charge is 0.202 e. The maximum atomic E-state index is 13.3. The fourth-order valence-electron chi connectivity index (χ4n) is 1.57. The average molecular weight is 265 g/mol. The molecule has 0 bridgehead atoms. The van der Waals surface area contributed by atoms with Gasteiger partial charge in [0.2, 0.25) is 5.13 Å². The topological polar surface area (TPSA) is 37.8 Å². The Kier molecular flexibility index (Phi) is 3.91. The summed E-state index contributed by atoms with van der Waals surface area (Å²) in [6.45, 7) is 6.98. The summed E-state index contributed by atoms with van der Waals surface area (Å²) in [7, 11) is 0. The lowest BCUT2D eigenvalue weighted by atomic mass is 10.1. The quantitative estimate of drug-likeness (QED) is 0.915. The van der Waals surface area contributed by atoms with Crippen LogP contribution in [0.15, 0.2) is 18.2 Å². The Morgan fingerprint density at radius 1 is 1.33 bits per heavy atom. The molecule has 2 rings (SSSR count). The molecular weight excluding hydrogens is 249 g/mol. The van der Waals surface area contributed by atoms with E-state index in [1.165, 1.54) is 23.7 Å². The molecule has 0 spiro atoms. The minimum atomic E-state index is -0.253. The molecule has 0 saturated carbocycles. The molecule has 0 aliphatic carbocycles. The standard InChI is InChI=1S/C13H16FN3S/c1-8(2)7-15-13-16-12(17-18-13)10-4-9(3)5-11(14)6-10/h4-6,8H,7H2,1-3H3,(H,15,16,17). The van der Waals surface area contributed by atoms with Gasteiger partial charge in [-0.3, -0.25) is 0 Å². The van der Waals surface area contributed by atoms with Gasteiger partial charge in [0.25, 0.3) is 0 Å². The van der Waals surface area contributed by atoms with E-state index in [9.17, 15) is 4.39 Å². The first-order chi connectivity index (χ1) is 8.54. The van der Waals surface area contributed by atoms with Gasteiger partial charge < -0.3 is 5.32 Å². The van der Waals surface area contributed by atoms with Gasteiger partial charge in [0.05, 0.1) is 0 Å². The van der Waals surface area contributed by atoms with Crippen LogP contribution in [0.25, 0.3) is 11.4 Å². The van der Waals surface area contributed by atoms with Crippen LogP contribution in [-0.4, -0.2) is 15.9 Å².